The highest BCUT2D eigenvalue weighted by atomic mass is 16.5. The van der Waals surface area contributed by atoms with Crippen LogP contribution in [0, 0.1) is 0 Å². The summed E-state index contributed by atoms with van der Waals surface area (Å²) < 4.78 is 7.08. The first kappa shape index (κ1) is 18.5. The van der Waals surface area contributed by atoms with Gasteiger partial charge in [0.05, 0.1) is 17.6 Å². The maximum absolute atomic E-state index is 13.1. The number of anilines is 1. The zero-order valence-electron chi connectivity index (χ0n) is 16.4. The topological polar surface area (TPSA) is 59.4 Å². The van der Waals surface area contributed by atoms with Crippen LogP contribution in [0.1, 0.15) is 21.5 Å². The lowest BCUT2D eigenvalue weighted by Crippen LogP contribution is -2.33. The zero-order valence-corrected chi connectivity index (χ0v) is 16.4. The van der Waals surface area contributed by atoms with Crippen molar-refractivity contribution in [3.63, 3.8) is 0 Å². The van der Waals surface area contributed by atoms with Crippen LogP contribution in [0.3, 0.4) is 0 Å². The first-order valence-electron chi connectivity index (χ1n) is 9.72. The van der Waals surface area contributed by atoms with Gasteiger partial charge in [-0.1, -0.05) is 24.3 Å². The van der Waals surface area contributed by atoms with E-state index < -0.39 is 0 Å². The molecule has 4 rings (SSSR count). The van der Waals surface area contributed by atoms with E-state index in [4.69, 9.17) is 4.74 Å². The molecule has 3 aromatic rings. The third-order valence-corrected chi connectivity index (χ3v) is 5.42. The van der Waals surface area contributed by atoms with Crippen LogP contribution >= 0.6 is 0 Å². The Balaban J connectivity index is 1.53. The fourth-order valence-corrected chi connectivity index (χ4v) is 3.81. The maximum atomic E-state index is 13.1. The van der Waals surface area contributed by atoms with E-state index >= 15 is 0 Å². The number of aromatic nitrogens is 2. The second kappa shape index (κ2) is 8.02. The van der Waals surface area contributed by atoms with Crippen molar-refractivity contribution in [2.45, 2.75) is 12.8 Å². The Labute approximate surface area is 165 Å². The summed E-state index contributed by atoms with van der Waals surface area (Å²) in [4.78, 5) is 19.7. The van der Waals surface area contributed by atoms with Crippen LogP contribution < -0.4 is 5.32 Å². The molecule has 0 fully saturated rings. The van der Waals surface area contributed by atoms with E-state index in [-0.39, 0.29) is 5.91 Å². The highest BCUT2D eigenvalue weighted by Crippen LogP contribution is 2.22. The number of nitrogens with one attached hydrogen (secondary N) is 1. The number of aryl methyl sites for hydroxylation is 1. The van der Waals surface area contributed by atoms with E-state index in [2.05, 4.69) is 34.6 Å². The summed E-state index contributed by atoms with van der Waals surface area (Å²) >= 11 is 0. The van der Waals surface area contributed by atoms with Crippen LogP contribution in [0.2, 0.25) is 0 Å². The predicted octanol–water partition coefficient (Wildman–Crippen LogP) is 2.87. The van der Waals surface area contributed by atoms with Gasteiger partial charge in [-0.2, -0.15) is 0 Å². The minimum Gasteiger partial charge on any atom is -0.383 e. The Morgan fingerprint density at radius 1 is 1.14 bits per heavy atom. The molecule has 6 heteroatoms. The van der Waals surface area contributed by atoms with E-state index in [1.807, 2.05) is 34.7 Å². The van der Waals surface area contributed by atoms with Gasteiger partial charge in [0, 0.05) is 39.4 Å². The van der Waals surface area contributed by atoms with Crippen LogP contribution in [-0.4, -0.2) is 53.7 Å². The number of amides is 1. The van der Waals surface area contributed by atoms with Gasteiger partial charge in [-0.05, 0) is 42.2 Å². The summed E-state index contributed by atoms with van der Waals surface area (Å²) in [6.45, 7) is 2.80. The van der Waals surface area contributed by atoms with Gasteiger partial charge in [-0.15, -0.1) is 0 Å². The first-order chi connectivity index (χ1) is 13.7. The molecule has 0 saturated carbocycles. The molecule has 0 spiro atoms. The Kier molecular flexibility index (Phi) is 5.30. The summed E-state index contributed by atoms with van der Waals surface area (Å²) in [5.74, 6) is 0.858. The third-order valence-electron chi connectivity index (χ3n) is 5.42. The highest BCUT2D eigenvalue weighted by Gasteiger charge is 2.20. The lowest BCUT2D eigenvalue weighted by atomic mass is 10.0. The number of methoxy groups -OCH3 is 1. The standard InChI is InChI=1S/C22H26N4O2/c1-25-20-8-7-18(15-19(20)24-22(25)23-11-14-28-2)21(27)26-12-9-16-5-3-4-6-17(16)10-13-26/h3-8,15H,9-14H2,1-2H3,(H,23,24). The number of fused-ring (bicyclic) bond motifs is 2. The fraction of sp³-hybridized carbons (Fsp3) is 0.364. The molecule has 0 atom stereocenters. The molecule has 1 amide bonds. The summed E-state index contributed by atoms with van der Waals surface area (Å²) in [7, 11) is 3.65. The van der Waals surface area contributed by atoms with Gasteiger partial charge >= 0.3 is 0 Å². The monoisotopic (exact) mass is 378 g/mol. The van der Waals surface area contributed by atoms with Crippen molar-refractivity contribution >= 4 is 22.9 Å². The quantitative estimate of drug-likeness (QED) is 0.694. The minimum absolute atomic E-state index is 0.0780. The molecular weight excluding hydrogens is 352 g/mol. The van der Waals surface area contributed by atoms with Crippen LogP contribution in [-0.2, 0) is 24.6 Å². The maximum Gasteiger partial charge on any atom is 0.253 e. The van der Waals surface area contributed by atoms with Crippen molar-refractivity contribution in [2.24, 2.45) is 7.05 Å². The molecule has 2 heterocycles. The van der Waals surface area contributed by atoms with Crippen LogP contribution in [0.5, 0.6) is 0 Å². The molecule has 0 bridgehead atoms. The number of hydrogen-bond acceptors (Lipinski definition) is 4. The normalized spacial score (nSPS) is 14.0. The highest BCUT2D eigenvalue weighted by molar-refractivity contribution is 5.97. The molecule has 0 unspecified atom stereocenters. The van der Waals surface area contributed by atoms with E-state index in [1.54, 1.807) is 7.11 Å². The van der Waals surface area contributed by atoms with E-state index in [1.165, 1.54) is 11.1 Å². The number of rotatable bonds is 5. The van der Waals surface area contributed by atoms with Gasteiger partial charge < -0.3 is 19.5 Å². The van der Waals surface area contributed by atoms with Crippen LogP contribution in [0.15, 0.2) is 42.5 Å². The molecule has 1 aromatic heterocycles. The first-order valence-corrected chi connectivity index (χ1v) is 9.72. The number of imidazole rings is 1. The van der Waals surface area contributed by atoms with E-state index in [0.717, 1.165) is 42.9 Å². The Morgan fingerprint density at radius 3 is 2.54 bits per heavy atom. The van der Waals surface area contributed by atoms with E-state index in [0.29, 0.717) is 18.7 Å². The summed E-state index contributed by atoms with van der Waals surface area (Å²) in [5.41, 5.74) is 5.22. The molecule has 2 aromatic carbocycles. The summed E-state index contributed by atoms with van der Waals surface area (Å²) in [5, 5.41) is 3.27. The average Bonchev–Trinajstić information content (AvgIpc) is 2.90. The van der Waals surface area contributed by atoms with Crippen molar-refractivity contribution in [2.75, 3.05) is 38.7 Å². The SMILES string of the molecule is COCCNc1nc2cc(C(=O)N3CCc4ccccc4CC3)ccc2n1C. The lowest BCUT2D eigenvalue weighted by Gasteiger charge is -2.20. The van der Waals surface area contributed by atoms with Gasteiger partial charge in [0.25, 0.3) is 5.91 Å². The van der Waals surface area contributed by atoms with Gasteiger partial charge in [0.2, 0.25) is 5.95 Å². The van der Waals surface area contributed by atoms with Crippen molar-refractivity contribution in [3.8, 4) is 0 Å². The van der Waals surface area contributed by atoms with Gasteiger partial charge in [-0.3, -0.25) is 4.79 Å². The second-order valence-corrected chi connectivity index (χ2v) is 7.18. The van der Waals surface area contributed by atoms with E-state index in [9.17, 15) is 4.79 Å². The molecule has 0 radical (unpaired) electrons. The number of benzene rings is 2. The number of carbonyl (C=O) groups excluding carboxylic acids is 1. The number of hydrogen-bond donors (Lipinski definition) is 1. The molecule has 6 nitrogen and oxygen atoms in total. The molecule has 146 valence electrons. The largest absolute Gasteiger partial charge is 0.383 e. The second-order valence-electron chi connectivity index (χ2n) is 7.18. The molecule has 1 aliphatic heterocycles. The summed E-state index contributed by atoms with van der Waals surface area (Å²) in [6, 6.07) is 14.3. The predicted molar refractivity (Wildman–Crippen MR) is 111 cm³/mol. The Hall–Kier alpha value is -2.86. The number of carbonyl (C=O) groups is 1. The number of nitrogens with zero attached hydrogens (tertiary/aromatic N) is 3. The summed E-state index contributed by atoms with van der Waals surface area (Å²) in [6.07, 6.45) is 1.81. The molecule has 1 aliphatic rings. The van der Waals surface area contributed by atoms with Crippen molar-refractivity contribution < 1.29 is 9.53 Å². The lowest BCUT2D eigenvalue weighted by molar-refractivity contribution is 0.0763. The molecule has 28 heavy (non-hydrogen) atoms. The van der Waals surface area contributed by atoms with Crippen molar-refractivity contribution in [1.82, 2.24) is 14.5 Å². The zero-order chi connectivity index (χ0) is 19.5. The molecule has 1 N–H and O–H groups in total. The third kappa shape index (κ3) is 3.60. The Morgan fingerprint density at radius 2 is 1.86 bits per heavy atom. The Bertz CT molecular complexity index is 968. The van der Waals surface area contributed by atoms with Crippen LogP contribution in [0.4, 0.5) is 5.95 Å². The fourth-order valence-electron chi connectivity index (χ4n) is 3.81. The van der Waals surface area contributed by atoms with Gasteiger partial charge in [0.1, 0.15) is 0 Å². The van der Waals surface area contributed by atoms with Crippen molar-refractivity contribution in [3.05, 3.63) is 59.2 Å². The smallest absolute Gasteiger partial charge is 0.253 e. The van der Waals surface area contributed by atoms with Crippen molar-refractivity contribution in [1.29, 1.82) is 0 Å². The average molecular weight is 378 g/mol. The molecule has 0 aliphatic carbocycles. The van der Waals surface area contributed by atoms with Crippen LogP contribution in [0.25, 0.3) is 11.0 Å². The molecular formula is C22H26N4O2. The minimum atomic E-state index is 0.0780. The van der Waals surface area contributed by atoms with Gasteiger partial charge in [0.15, 0.2) is 0 Å². The number of ether oxygens (including phenoxy) is 1. The van der Waals surface area contributed by atoms with Gasteiger partial charge in [-0.25, -0.2) is 4.98 Å². The molecule has 0 saturated heterocycles.